The van der Waals surface area contributed by atoms with Crippen LogP contribution in [-0.4, -0.2) is 25.6 Å². The molecule has 0 aliphatic heterocycles. The Labute approximate surface area is 116 Å². The van der Waals surface area contributed by atoms with Crippen LogP contribution in [0.5, 0.6) is 0 Å². The topological polar surface area (TPSA) is 66.4 Å². The van der Waals surface area contributed by atoms with Crippen molar-refractivity contribution < 1.29 is 32.6 Å². The zero-order chi connectivity index (χ0) is 15.6. The van der Waals surface area contributed by atoms with E-state index in [4.69, 9.17) is 0 Å². The monoisotopic (exact) mass is 309 g/mol. The van der Waals surface area contributed by atoms with Crippen LogP contribution in [0.4, 0.5) is 28.4 Å². The van der Waals surface area contributed by atoms with Gasteiger partial charge in [-0.25, -0.2) is 4.79 Å². The highest BCUT2D eigenvalue weighted by Gasteiger charge is 2.36. The number of halogens is 3. The first-order valence-electron chi connectivity index (χ1n) is 5.14. The van der Waals surface area contributed by atoms with Crippen LogP contribution in [0.15, 0.2) is 24.3 Å². The van der Waals surface area contributed by atoms with Gasteiger partial charge in [0.05, 0.1) is 19.7 Å². The van der Waals surface area contributed by atoms with Gasteiger partial charge in [0.2, 0.25) is 11.9 Å². The van der Waals surface area contributed by atoms with Crippen molar-refractivity contribution in [2.75, 3.05) is 14.2 Å². The Morgan fingerprint density at radius 1 is 1.25 bits per heavy atom. The van der Waals surface area contributed by atoms with Gasteiger partial charge in [0, 0.05) is 12.1 Å². The summed E-state index contributed by atoms with van der Waals surface area (Å²) in [6.45, 7) is 0. The number of hydrogen-bond acceptors (Lipinski definition) is 5. The van der Waals surface area contributed by atoms with E-state index in [2.05, 4.69) is 4.74 Å². The fourth-order valence-corrected chi connectivity index (χ4v) is 1.99. The lowest BCUT2D eigenvalue weighted by Crippen LogP contribution is -2.52. The molecule has 0 heterocycles. The highest BCUT2D eigenvalue weighted by atomic mass is 32.2. The third kappa shape index (κ3) is 3.42. The molecule has 1 rings (SSSR count). The molecular formula is C11H10F3NO4S. The van der Waals surface area contributed by atoms with Gasteiger partial charge in [-0.3, -0.25) is 0 Å². The average Bonchev–Trinajstić information content (AvgIpc) is 2.37. The van der Waals surface area contributed by atoms with Crippen LogP contribution in [0.1, 0.15) is 5.56 Å². The lowest BCUT2D eigenvalue weighted by molar-refractivity contribution is -0.256. The Balaban J connectivity index is 3.17. The number of carbonyl (C=O) groups excluding carboxylic acids is 2. The zero-order valence-corrected chi connectivity index (χ0v) is 11.2. The van der Waals surface area contributed by atoms with E-state index in [0.717, 1.165) is 38.4 Å². The molecule has 5 nitrogen and oxygen atoms in total. The zero-order valence-electron chi connectivity index (χ0n) is 10.4. The Morgan fingerprint density at radius 3 is 2.10 bits per heavy atom. The average molecular weight is 309 g/mol. The van der Waals surface area contributed by atoms with E-state index in [0.29, 0.717) is 0 Å². The van der Waals surface area contributed by atoms with E-state index in [9.17, 15) is 27.9 Å². The molecule has 9 heteroatoms. The molecule has 1 aromatic carbocycles. The third-order valence-corrected chi connectivity index (χ3v) is 3.50. The molecule has 0 N–H and O–H groups in total. The minimum absolute atomic E-state index is 0.0617. The SMILES string of the molecule is COC(=O)S[N+](C)(C(=O)[O-])c1ccc(C(F)(F)F)cc1. The van der Waals surface area contributed by atoms with Gasteiger partial charge in [0.1, 0.15) is 0 Å². The molecule has 1 atom stereocenters. The minimum Gasteiger partial charge on any atom is -0.497 e. The minimum atomic E-state index is -4.53. The first kappa shape index (κ1) is 16.3. The van der Waals surface area contributed by atoms with Crippen LogP contribution in [0.3, 0.4) is 0 Å². The van der Waals surface area contributed by atoms with Crippen LogP contribution < -0.4 is 8.99 Å². The molecule has 0 saturated heterocycles. The summed E-state index contributed by atoms with van der Waals surface area (Å²) >= 11 is 0.255. The van der Waals surface area contributed by atoms with Gasteiger partial charge in [-0.2, -0.15) is 17.1 Å². The number of alkyl halides is 3. The summed E-state index contributed by atoms with van der Waals surface area (Å²) in [6, 6.07) is 3.39. The van der Waals surface area contributed by atoms with Crippen LogP contribution in [0.25, 0.3) is 0 Å². The summed E-state index contributed by atoms with van der Waals surface area (Å²) in [5, 5.41) is 10.3. The van der Waals surface area contributed by atoms with Gasteiger partial charge >= 0.3 is 11.5 Å². The number of nitrogens with zero attached hydrogens (tertiary/aromatic N) is 1. The Kier molecular flexibility index (Phi) is 4.66. The van der Waals surface area contributed by atoms with Crippen LogP contribution in [0.2, 0.25) is 0 Å². The first-order valence-corrected chi connectivity index (χ1v) is 5.92. The Morgan fingerprint density at radius 2 is 1.75 bits per heavy atom. The molecule has 0 aliphatic carbocycles. The number of carbonyl (C=O) groups is 2. The van der Waals surface area contributed by atoms with Gasteiger partial charge in [-0.05, 0) is 12.1 Å². The number of carboxylic acid groups (broad SMARTS) is 1. The number of rotatable bonds is 1. The summed E-state index contributed by atoms with van der Waals surface area (Å²) in [5.41, 5.74) is -0.984. The molecule has 1 unspecified atom stereocenters. The smallest absolute Gasteiger partial charge is 0.425 e. The van der Waals surface area contributed by atoms with Gasteiger partial charge in [0.25, 0.3) is 6.09 Å². The number of hydrogen-bond donors (Lipinski definition) is 0. The first-order chi connectivity index (χ1) is 9.11. The molecule has 0 aromatic heterocycles. The maximum Gasteiger partial charge on any atom is 0.425 e. The van der Waals surface area contributed by atoms with Gasteiger partial charge in [-0.15, -0.1) is 0 Å². The van der Waals surface area contributed by atoms with Crippen LogP contribution in [0, 0.1) is 0 Å². The van der Waals surface area contributed by atoms with Crippen molar-refractivity contribution in [3.05, 3.63) is 29.8 Å². The van der Waals surface area contributed by atoms with Crippen molar-refractivity contribution in [2.45, 2.75) is 6.18 Å². The van der Waals surface area contributed by atoms with E-state index >= 15 is 0 Å². The second kappa shape index (κ2) is 5.71. The predicted molar refractivity (Wildman–Crippen MR) is 64.6 cm³/mol. The fourth-order valence-electron chi connectivity index (χ4n) is 1.32. The predicted octanol–water partition coefficient (Wildman–Crippen LogP) is 2.40. The molecule has 20 heavy (non-hydrogen) atoms. The summed E-state index contributed by atoms with van der Waals surface area (Å²) < 4.78 is 40.5. The van der Waals surface area contributed by atoms with Crippen molar-refractivity contribution in [3.63, 3.8) is 0 Å². The van der Waals surface area contributed by atoms with Gasteiger partial charge in [0.15, 0.2) is 5.69 Å². The summed E-state index contributed by atoms with van der Waals surface area (Å²) in [6.07, 6.45) is -6.20. The summed E-state index contributed by atoms with van der Waals surface area (Å²) in [5.74, 6) is 0. The molecule has 1 amide bonds. The standard InChI is InChI=1S/C11H10F3NO4S/c1-15(9(16)17,20-10(18)19-2)8-5-3-7(4-6-8)11(12,13)14/h3-6H,1-2H3. The van der Waals surface area contributed by atoms with Crippen molar-refractivity contribution >= 4 is 29.0 Å². The van der Waals surface area contributed by atoms with E-state index in [1.807, 2.05) is 0 Å². The Bertz CT molecular complexity index is 517. The third-order valence-electron chi connectivity index (χ3n) is 2.46. The molecule has 0 fully saturated rings. The molecule has 0 spiro atoms. The highest BCUT2D eigenvalue weighted by Crippen LogP contribution is 2.35. The van der Waals surface area contributed by atoms with E-state index in [-0.39, 0.29) is 17.6 Å². The maximum absolute atomic E-state index is 12.4. The second-order valence-corrected chi connectivity index (χ2v) is 5.03. The number of quaternary nitrogens is 1. The molecule has 0 bridgehead atoms. The molecule has 0 aliphatic rings. The van der Waals surface area contributed by atoms with Crippen molar-refractivity contribution in [1.82, 2.24) is 3.89 Å². The van der Waals surface area contributed by atoms with E-state index in [1.54, 1.807) is 0 Å². The van der Waals surface area contributed by atoms with Gasteiger partial charge < -0.3 is 14.6 Å². The summed E-state index contributed by atoms with van der Waals surface area (Å²) in [4.78, 5) is 22.4. The number of amides is 1. The van der Waals surface area contributed by atoms with Crippen LogP contribution >= 0.6 is 11.9 Å². The van der Waals surface area contributed by atoms with Crippen molar-refractivity contribution in [2.24, 2.45) is 0 Å². The Hall–Kier alpha value is -1.74. The quantitative estimate of drug-likeness (QED) is 0.453. The van der Waals surface area contributed by atoms with E-state index < -0.39 is 27.0 Å². The molecular weight excluding hydrogens is 299 g/mol. The lowest BCUT2D eigenvalue weighted by atomic mass is 10.2. The molecule has 110 valence electrons. The number of ether oxygens (including phenoxy) is 1. The summed E-state index contributed by atoms with van der Waals surface area (Å²) in [7, 11) is 2.15. The van der Waals surface area contributed by atoms with Crippen LogP contribution in [-0.2, 0) is 10.9 Å². The lowest BCUT2D eigenvalue weighted by Gasteiger charge is -2.28. The molecule has 1 aromatic rings. The maximum atomic E-state index is 12.4. The second-order valence-electron chi connectivity index (χ2n) is 3.78. The highest BCUT2D eigenvalue weighted by molar-refractivity contribution is 8.13. The largest absolute Gasteiger partial charge is 0.497 e. The van der Waals surface area contributed by atoms with Gasteiger partial charge in [-0.1, -0.05) is 0 Å². The number of benzene rings is 1. The van der Waals surface area contributed by atoms with Crippen molar-refractivity contribution in [1.29, 1.82) is 0 Å². The van der Waals surface area contributed by atoms with Crippen molar-refractivity contribution in [3.8, 4) is 0 Å². The number of methoxy groups -OCH3 is 1. The fraction of sp³-hybridized carbons (Fsp3) is 0.273. The molecule has 0 saturated carbocycles. The normalized spacial score (nSPS) is 14.4. The van der Waals surface area contributed by atoms with E-state index in [1.165, 1.54) is 0 Å². The molecule has 0 radical (unpaired) electrons.